The summed E-state index contributed by atoms with van der Waals surface area (Å²) in [7, 11) is 0. The fourth-order valence-corrected chi connectivity index (χ4v) is 9.00. The van der Waals surface area contributed by atoms with Crippen LogP contribution in [0, 0.1) is 0 Å². The van der Waals surface area contributed by atoms with Gasteiger partial charge >= 0.3 is 0 Å². The first-order valence-corrected chi connectivity index (χ1v) is 18.1. The van der Waals surface area contributed by atoms with E-state index in [-0.39, 0.29) is 0 Å². The van der Waals surface area contributed by atoms with Crippen LogP contribution >= 0.6 is 0 Å². The van der Waals surface area contributed by atoms with Gasteiger partial charge in [0.1, 0.15) is 0 Å². The van der Waals surface area contributed by atoms with Gasteiger partial charge in [-0.25, -0.2) is 0 Å². The molecule has 0 amide bonds. The van der Waals surface area contributed by atoms with Crippen molar-refractivity contribution in [3.8, 4) is 66.8 Å². The third kappa shape index (κ3) is 4.22. The van der Waals surface area contributed by atoms with Crippen LogP contribution in [0.1, 0.15) is 0 Å². The maximum Gasteiger partial charge on any atom is -0.00201 e. The van der Waals surface area contributed by atoms with Crippen molar-refractivity contribution in [2.45, 2.75) is 0 Å². The summed E-state index contributed by atoms with van der Waals surface area (Å²) in [5.74, 6) is 0. The van der Waals surface area contributed by atoms with Crippen LogP contribution in [0.25, 0.3) is 110 Å². The number of rotatable bonds is 3. The van der Waals surface area contributed by atoms with E-state index in [0.29, 0.717) is 0 Å². The van der Waals surface area contributed by atoms with Gasteiger partial charge in [-0.2, -0.15) is 0 Å². The third-order valence-corrected chi connectivity index (χ3v) is 11.2. The van der Waals surface area contributed by atoms with E-state index in [1.807, 2.05) is 0 Å². The van der Waals surface area contributed by atoms with Gasteiger partial charge in [0, 0.05) is 0 Å². The van der Waals surface area contributed by atoms with Crippen molar-refractivity contribution in [1.82, 2.24) is 0 Å². The fraction of sp³-hybridized carbons (Fsp3) is 0. The van der Waals surface area contributed by atoms with Gasteiger partial charge in [-0.3, -0.25) is 0 Å². The Balaban J connectivity index is 1.22. The zero-order valence-electron chi connectivity index (χ0n) is 28.5. The Morgan fingerprint density at radius 2 is 0.635 bits per heavy atom. The summed E-state index contributed by atoms with van der Waals surface area (Å²) in [5, 5.41) is 10.2. The molecule has 0 atom stereocenters. The Morgan fingerprint density at radius 3 is 1.25 bits per heavy atom. The summed E-state index contributed by atoms with van der Waals surface area (Å²) in [6.45, 7) is 0. The Morgan fingerprint density at radius 1 is 0.212 bits per heavy atom. The molecule has 1 aliphatic rings. The molecular formula is C52H32. The first-order chi connectivity index (χ1) is 25.8. The van der Waals surface area contributed by atoms with Crippen LogP contribution in [0.15, 0.2) is 194 Å². The molecule has 0 fully saturated rings. The predicted octanol–water partition coefficient (Wildman–Crippen LogP) is 14.6. The summed E-state index contributed by atoms with van der Waals surface area (Å²) in [6.07, 6.45) is 0. The minimum atomic E-state index is 1.23. The smallest absolute Gasteiger partial charge is 0.00201 e. The zero-order chi connectivity index (χ0) is 34.2. The van der Waals surface area contributed by atoms with E-state index in [1.165, 1.54) is 110 Å². The van der Waals surface area contributed by atoms with Crippen LogP contribution in [0.3, 0.4) is 0 Å². The van der Waals surface area contributed by atoms with Gasteiger partial charge in [0.2, 0.25) is 0 Å². The lowest BCUT2D eigenvalue weighted by atomic mass is 9.82. The highest BCUT2D eigenvalue weighted by molar-refractivity contribution is 6.27. The summed E-state index contributed by atoms with van der Waals surface area (Å²) in [6, 6.07) is 71.9. The minimum Gasteiger partial charge on any atom is -0.0622 e. The molecule has 0 saturated heterocycles. The molecule has 10 aromatic carbocycles. The van der Waals surface area contributed by atoms with Crippen LogP contribution < -0.4 is 0 Å². The normalized spacial score (nSPS) is 11.8. The number of benzene rings is 10. The van der Waals surface area contributed by atoms with Gasteiger partial charge in [0.05, 0.1) is 0 Å². The molecule has 0 aliphatic heterocycles. The van der Waals surface area contributed by atoms with Gasteiger partial charge in [-0.15, -0.1) is 0 Å². The van der Waals surface area contributed by atoms with Crippen molar-refractivity contribution in [3.63, 3.8) is 0 Å². The first-order valence-electron chi connectivity index (χ1n) is 18.1. The highest BCUT2D eigenvalue weighted by Crippen LogP contribution is 2.52. The lowest BCUT2D eigenvalue weighted by Crippen LogP contribution is -1.93. The monoisotopic (exact) mass is 656 g/mol. The van der Waals surface area contributed by atoms with Crippen molar-refractivity contribution in [2.75, 3.05) is 0 Å². The minimum absolute atomic E-state index is 1.23. The van der Waals surface area contributed by atoms with Crippen molar-refractivity contribution in [1.29, 1.82) is 0 Å². The summed E-state index contributed by atoms with van der Waals surface area (Å²) in [5.41, 5.74) is 15.3. The molecule has 0 radical (unpaired) electrons. The molecule has 0 bridgehead atoms. The zero-order valence-corrected chi connectivity index (χ0v) is 28.5. The summed E-state index contributed by atoms with van der Waals surface area (Å²) < 4.78 is 0. The SMILES string of the molecule is c1ccc(-c2ccc3c(-c4c5ccccc5c(-c5ccc6c7c(cccc57)-c5ccccc5-c5ccccc5-6)c5ccccc45)cccc3c2)cc1. The van der Waals surface area contributed by atoms with Crippen LogP contribution in [0.2, 0.25) is 0 Å². The largest absolute Gasteiger partial charge is 0.0622 e. The Labute approximate surface area is 302 Å². The molecular weight excluding hydrogens is 625 g/mol. The van der Waals surface area contributed by atoms with E-state index in [4.69, 9.17) is 0 Å². The molecule has 0 aromatic heterocycles. The van der Waals surface area contributed by atoms with Crippen LogP contribution in [0.5, 0.6) is 0 Å². The topological polar surface area (TPSA) is 0 Å². The molecule has 0 nitrogen and oxygen atoms in total. The lowest BCUT2D eigenvalue weighted by Gasteiger charge is -2.21. The standard InChI is InChI=1S/C52H32/c1-2-14-33(15-3-1)34-28-29-36-35(32-34)16-12-25-41(36)50-43-21-8-10-23-45(43)52(46-24-11-9-22-44(46)50)49-31-30-48-40-20-7-5-18-38(40)37-17-4-6-19-39(37)42-26-13-27-47(49)51(42)48/h1-32H. The van der Waals surface area contributed by atoms with Gasteiger partial charge in [0.25, 0.3) is 0 Å². The predicted molar refractivity (Wildman–Crippen MR) is 223 cm³/mol. The van der Waals surface area contributed by atoms with Crippen LogP contribution in [-0.4, -0.2) is 0 Å². The van der Waals surface area contributed by atoms with Crippen LogP contribution in [0.4, 0.5) is 0 Å². The highest BCUT2D eigenvalue weighted by Gasteiger charge is 2.24. The van der Waals surface area contributed by atoms with Gasteiger partial charge in [-0.1, -0.05) is 188 Å². The average molecular weight is 657 g/mol. The molecule has 52 heavy (non-hydrogen) atoms. The Kier molecular flexibility index (Phi) is 6.35. The fourth-order valence-electron chi connectivity index (χ4n) is 9.00. The Bertz CT molecular complexity index is 2950. The second-order valence-electron chi connectivity index (χ2n) is 13.9. The van der Waals surface area contributed by atoms with Gasteiger partial charge in [0.15, 0.2) is 0 Å². The molecule has 0 heterocycles. The Hall–Kier alpha value is -6.76. The average Bonchev–Trinajstić information content (AvgIpc) is 3.34. The molecule has 0 heteroatoms. The molecule has 0 unspecified atom stereocenters. The van der Waals surface area contributed by atoms with Crippen molar-refractivity contribution in [2.24, 2.45) is 0 Å². The first kappa shape index (κ1) is 29.0. The van der Waals surface area contributed by atoms with Crippen molar-refractivity contribution < 1.29 is 0 Å². The highest BCUT2D eigenvalue weighted by atomic mass is 14.3. The maximum atomic E-state index is 2.38. The van der Waals surface area contributed by atoms with E-state index in [0.717, 1.165) is 0 Å². The summed E-state index contributed by atoms with van der Waals surface area (Å²) >= 11 is 0. The molecule has 0 saturated carbocycles. The quantitative estimate of drug-likeness (QED) is 0.166. The van der Waals surface area contributed by atoms with Crippen molar-refractivity contribution in [3.05, 3.63) is 194 Å². The van der Waals surface area contributed by atoms with Crippen LogP contribution in [-0.2, 0) is 0 Å². The van der Waals surface area contributed by atoms with Gasteiger partial charge < -0.3 is 0 Å². The van der Waals surface area contributed by atoms with Gasteiger partial charge in [-0.05, 0) is 116 Å². The maximum absolute atomic E-state index is 2.38. The van der Waals surface area contributed by atoms with E-state index < -0.39 is 0 Å². The number of fused-ring (bicyclic) bond motifs is 8. The number of hydrogen-bond acceptors (Lipinski definition) is 0. The van der Waals surface area contributed by atoms with E-state index in [9.17, 15) is 0 Å². The second kappa shape index (κ2) is 11.4. The molecule has 0 N–H and O–H groups in total. The third-order valence-electron chi connectivity index (χ3n) is 11.2. The molecule has 1 aliphatic carbocycles. The molecule has 0 spiro atoms. The van der Waals surface area contributed by atoms with E-state index >= 15 is 0 Å². The molecule has 10 aromatic rings. The number of hydrogen-bond donors (Lipinski definition) is 0. The van der Waals surface area contributed by atoms with Crippen molar-refractivity contribution >= 4 is 43.1 Å². The second-order valence-corrected chi connectivity index (χ2v) is 13.9. The summed E-state index contributed by atoms with van der Waals surface area (Å²) in [4.78, 5) is 0. The molecule has 240 valence electrons. The van der Waals surface area contributed by atoms with E-state index in [1.54, 1.807) is 0 Å². The molecule has 11 rings (SSSR count). The lowest BCUT2D eigenvalue weighted by molar-refractivity contribution is 1.62. The van der Waals surface area contributed by atoms with E-state index in [2.05, 4.69) is 194 Å².